The molecule has 0 amide bonds. The van der Waals surface area contributed by atoms with Crippen LogP contribution in [0.4, 0.5) is 0 Å². The Hall–Kier alpha value is -1.54. The third-order valence-electron chi connectivity index (χ3n) is 3.53. The minimum absolute atomic E-state index is 0.516. The second kappa shape index (κ2) is 5.62. The highest BCUT2D eigenvalue weighted by atomic mass is 15.0. The molecule has 1 N–H and O–H groups in total. The van der Waals surface area contributed by atoms with E-state index in [1.165, 1.54) is 28.2 Å². The molecule has 0 bridgehead atoms. The van der Waals surface area contributed by atoms with Gasteiger partial charge in [0.2, 0.25) is 0 Å². The SMILES string of the molecule is Cc1ccc(-n2c(C)cc(CNC(C)C)c2C)cc1. The van der Waals surface area contributed by atoms with Crippen molar-refractivity contribution in [3.05, 3.63) is 52.8 Å². The summed E-state index contributed by atoms with van der Waals surface area (Å²) in [7, 11) is 0. The number of aromatic nitrogens is 1. The maximum atomic E-state index is 3.49. The lowest BCUT2D eigenvalue weighted by Crippen LogP contribution is -2.22. The fraction of sp³-hybridized carbons (Fsp3) is 0.412. The molecule has 0 radical (unpaired) electrons. The van der Waals surface area contributed by atoms with Crippen molar-refractivity contribution >= 4 is 0 Å². The van der Waals surface area contributed by atoms with E-state index >= 15 is 0 Å². The normalized spacial score (nSPS) is 11.3. The summed E-state index contributed by atoms with van der Waals surface area (Å²) in [5.41, 5.74) is 6.55. The average molecular weight is 256 g/mol. The van der Waals surface area contributed by atoms with Crippen molar-refractivity contribution in [1.82, 2.24) is 9.88 Å². The largest absolute Gasteiger partial charge is 0.318 e. The molecule has 2 heteroatoms. The summed E-state index contributed by atoms with van der Waals surface area (Å²) in [6, 6.07) is 11.5. The Kier molecular flexibility index (Phi) is 4.11. The van der Waals surface area contributed by atoms with E-state index in [2.05, 4.69) is 74.8 Å². The third kappa shape index (κ3) is 3.07. The molecule has 0 spiro atoms. The number of nitrogens with one attached hydrogen (secondary N) is 1. The van der Waals surface area contributed by atoms with Crippen LogP contribution in [0.25, 0.3) is 5.69 Å². The zero-order chi connectivity index (χ0) is 14.0. The quantitative estimate of drug-likeness (QED) is 0.878. The van der Waals surface area contributed by atoms with Crippen LogP contribution < -0.4 is 5.32 Å². The highest BCUT2D eigenvalue weighted by Crippen LogP contribution is 2.21. The summed E-state index contributed by atoms with van der Waals surface area (Å²) in [5.74, 6) is 0. The van der Waals surface area contributed by atoms with Gasteiger partial charge < -0.3 is 9.88 Å². The van der Waals surface area contributed by atoms with E-state index in [1.54, 1.807) is 0 Å². The molecule has 2 nitrogen and oxygen atoms in total. The van der Waals surface area contributed by atoms with E-state index in [0.717, 1.165) is 6.54 Å². The average Bonchev–Trinajstić information content (AvgIpc) is 2.63. The highest BCUT2D eigenvalue weighted by molar-refractivity contribution is 5.42. The first kappa shape index (κ1) is 13.9. The van der Waals surface area contributed by atoms with Gasteiger partial charge in [-0.15, -0.1) is 0 Å². The van der Waals surface area contributed by atoms with Crippen molar-refractivity contribution in [2.24, 2.45) is 0 Å². The van der Waals surface area contributed by atoms with Gasteiger partial charge in [-0.3, -0.25) is 0 Å². The zero-order valence-electron chi connectivity index (χ0n) is 12.6. The Labute approximate surface area is 116 Å². The Bertz CT molecular complexity index is 547. The lowest BCUT2D eigenvalue weighted by Gasteiger charge is -2.11. The molecule has 0 atom stereocenters. The Morgan fingerprint density at radius 3 is 2.26 bits per heavy atom. The minimum atomic E-state index is 0.516. The first-order valence-corrected chi connectivity index (χ1v) is 6.97. The summed E-state index contributed by atoms with van der Waals surface area (Å²) in [6.07, 6.45) is 0. The molecule has 2 aromatic rings. The minimum Gasteiger partial charge on any atom is -0.318 e. The fourth-order valence-corrected chi connectivity index (χ4v) is 2.41. The molecule has 19 heavy (non-hydrogen) atoms. The van der Waals surface area contributed by atoms with Crippen LogP contribution in [0.2, 0.25) is 0 Å². The van der Waals surface area contributed by atoms with Crippen LogP contribution >= 0.6 is 0 Å². The van der Waals surface area contributed by atoms with Crippen molar-refractivity contribution in [1.29, 1.82) is 0 Å². The number of rotatable bonds is 4. The van der Waals surface area contributed by atoms with Crippen LogP contribution in [0, 0.1) is 20.8 Å². The number of nitrogens with zero attached hydrogens (tertiary/aromatic N) is 1. The molecule has 0 unspecified atom stereocenters. The highest BCUT2D eigenvalue weighted by Gasteiger charge is 2.10. The van der Waals surface area contributed by atoms with Gasteiger partial charge in [0.25, 0.3) is 0 Å². The first-order chi connectivity index (χ1) is 8.99. The predicted molar refractivity (Wildman–Crippen MR) is 82.0 cm³/mol. The van der Waals surface area contributed by atoms with Gasteiger partial charge in [0.05, 0.1) is 0 Å². The maximum Gasteiger partial charge on any atom is 0.0455 e. The van der Waals surface area contributed by atoms with Crippen molar-refractivity contribution in [3.8, 4) is 5.69 Å². The monoisotopic (exact) mass is 256 g/mol. The third-order valence-corrected chi connectivity index (χ3v) is 3.53. The topological polar surface area (TPSA) is 17.0 Å². The molecule has 0 fully saturated rings. The summed E-state index contributed by atoms with van der Waals surface area (Å²) < 4.78 is 2.33. The molecule has 0 aliphatic rings. The molecule has 1 aromatic heterocycles. The van der Waals surface area contributed by atoms with E-state index < -0.39 is 0 Å². The Morgan fingerprint density at radius 2 is 1.68 bits per heavy atom. The Morgan fingerprint density at radius 1 is 1.05 bits per heavy atom. The molecule has 1 heterocycles. The van der Waals surface area contributed by atoms with Crippen molar-refractivity contribution in [2.45, 2.75) is 47.2 Å². The van der Waals surface area contributed by atoms with Crippen LogP contribution in [0.15, 0.2) is 30.3 Å². The molecular weight excluding hydrogens is 232 g/mol. The van der Waals surface area contributed by atoms with Gasteiger partial charge in [-0.25, -0.2) is 0 Å². The van der Waals surface area contributed by atoms with E-state index in [0.29, 0.717) is 6.04 Å². The van der Waals surface area contributed by atoms with Crippen LogP contribution in [0.3, 0.4) is 0 Å². The number of aryl methyl sites for hydroxylation is 2. The standard InChI is InChI=1S/C17H24N2/c1-12(2)18-11-16-10-14(4)19(15(16)5)17-8-6-13(3)7-9-17/h6-10,12,18H,11H2,1-5H3. The predicted octanol–water partition coefficient (Wildman–Crippen LogP) is 3.90. The van der Waals surface area contributed by atoms with Crippen molar-refractivity contribution in [2.75, 3.05) is 0 Å². The number of hydrogen-bond donors (Lipinski definition) is 1. The molecule has 0 saturated heterocycles. The first-order valence-electron chi connectivity index (χ1n) is 6.97. The van der Waals surface area contributed by atoms with Crippen LogP contribution in [0.5, 0.6) is 0 Å². The van der Waals surface area contributed by atoms with Crippen LogP contribution in [-0.2, 0) is 6.54 Å². The lowest BCUT2D eigenvalue weighted by molar-refractivity contribution is 0.587. The lowest BCUT2D eigenvalue weighted by atomic mass is 10.2. The molecule has 0 aliphatic carbocycles. The zero-order valence-corrected chi connectivity index (χ0v) is 12.6. The molecule has 2 rings (SSSR count). The summed E-state index contributed by atoms with van der Waals surface area (Å²) >= 11 is 0. The van der Waals surface area contributed by atoms with E-state index in [4.69, 9.17) is 0 Å². The van der Waals surface area contributed by atoms with Gasteiger partial charge >= 0.3 is 0 Å². The smallest absolute Gasteiger partial charge is 0.0455 e. The van der Waals surface area contributed by atoms with E-state index in [-0.39, 0.29) is 0 Å². The van der Waals surface area contributed by atoms with Crippen molar-refractivity contribution in [3.63, 3.8) is 0 Å². The van der Waals surface area contributed by atoms with Crippen molar-refractivity contribution < 1.29 is 0 Å². The van der Waals surface area contributed by atoms with Gasteiger partial charge in [-0.05, 0) is 44.5 Å². The number of hydrogen-bond acceptors (Lipinski definition) is 1. The van der Waals surface area contributed by atoms with E-state index in [9.17, 15) is 0 Å². The van der Waals surface area contributed by atoms with Gasteiger partial charge in [0.15, 0.2) is 0 Å². The van der Waals surface area contributed by atoms with Crippen LogP contribution in [0.1, 0.15) is 36.4 Å². The summed E-state index contributed by atoms with van der Waals surface area (Å²) in [4.78, 5) is 0. The molecular formula is C17H24N2. The maximum absolute atomic E-state index is 3.49. The molecule has 0 saturated carbocycles. The fourth-order valence-electron chi connectivity index (χ4n) is 2.41. The molecule has 0 aliphatic heterocycles. The van der Waals surface area contributed by atoms with Crippen LogP contribution in [-0.4, -0.2) is 10.6 Å². The summed E-state index contributed by atoms with van der Waals surface area (Å²) in [6.45, 7) is 11.8. The number of benzene rings is 1. The van der Waals surface area contributed by atoms with Gasteiger partial charge in [0.1, 0.15) is 0 Å². The van der Waals surface area contributed by atoms with Gasteiger partial charge in [-0.1, -0.05) is 31.5 Å². The molecule has 102 valence electrons. The second-order valence-electron chi connectivity index (χ2n) is 5.60. The summed E-state index contributed by atoms with van der Waals surface area (Å²) in [5, 5.41) is 3.49. The second-order valence-corrected chi connectivity index (χ2v) is 5.60. The van der Waals surface area contributed by atoms with Gasteiger partial charge in [0, 0.05) is 29.7 Å². The van der Waals surface area contributed by atoms with E-state index in [1.807, 2.05) is 0 Å². The Balaban J connectivity index is 2.33. The van der Waals surface area contributed by atoms with Gasteiger partial charge in [-0.2, -0.15) is 0 Å². The molecule has 1 aromatic carbocycles.